The molecule has 0 fully saturated rings. The molecule has 28 heavy (non-hydrogen) atoms. The summed E-state index contributed by atoms with van der Waals surface area (Å²) in [5.41, 5.74) is 2.06. The van der Waals surface area contributed by atoms with Crippen LogP contribution in [0.1, 0.15) is 22.8 Å². The summed E-state index contributed by atoms with van der Waals surface area (Å²) in [5, 5.41) is 21.0. The van der Waals surface area contributed by atoms with E-state index >= 15 is 0 Å². The third-order valence-electron chi connectivity index (χ3n) is 4.59. The van der Waals surface area contributed by atoms with Gasteiger partial charge in [0.1, 0.15) is 16.2 Å². The first-order valence-corrected chi connectivity index (χ1v) is 10.4. The molecule has 4 aromatic rings. The summed E-state index contributed by atoms with van der Waals surface area (Å²) in [6.07, 6.45) is 5.01. The zero-order valence-electron chi connectivity index (χ0n) is 14.5. The van der Waals surface area contributed by atoms with E-state index in [2.05, 4.69) is 20.2 Å². The molecule has 8 nitrogen and oxygen atoms in total. The fourth-order valence-corrected chi connectivity index (χ4v) is 5.45. The van der Waals surface area contributed by atoms with Crippen LogP contribution in [-0.4, -0.2) is 25.1 Å². The highest BCUT2D eigenvalue weighted by Gasteiger charge is 2.21. The molecule has 10 heteroatoms. The fourth-order valence-electron chi connectivity index (χ4n) is 3.29. The van der Waals surface area contributed by atoms with Gasteiger partial charge in [0, 0.05) is 28.0 Å². The van der Waals surface area contributed by atoms with Crippen molar-refractivity contribution in [3.8, 4) is 11.5 Å². The van der Waals surface area contributed by atoms with Crippen molar-refractivity contribution in [3.63, 3.8) is 0 Å². The van der Waals surface area contributed by atoms with Gasteiger partial charge in [0.05, 0.1) is 10.7 Å². The van der Waals surface area contributed by atoms with E-state index in [1.165, 1.54) is 34.4 Å². The molecule has 1 aromatic carbocycles. The van der Waals surface area contributed by atoms with Crippen LogP contribution in [0.4, 0.5) is 5.69 Å². The smallest absolute Gasteiger partial charge is 0.269 e. The Morgan fingerprint density at radius 1 is 1.18 bits per heavy atom. The Morgan fingerprint density at radius 3 is 2.86 bits per heavy atom. The lowest BCUT2D eigenvalue weighted by atomic mass is 10.2. The molecule has 0 N–H and O–H groups in total. The Hall–Kier alpha value is -2.85. The molecule has 1 aliphatic rings. The molecule has 0 saturated carbocycles. The van der Waals surface area contributed by atoms with Gasteiger partial charge in [-0.1, -0.05) is 11.8 Å². The molecule has 5 rings (SSSR count). The molecule has 3 heterocycles. The van der Waals surface area contributed by atoms with Crippen LogP contribution in [0.25, 0.3) is 21.7 Å². The van der Waals surface area contributed by atoms with Crippen LogP contribution in [0.5, 0.6) is 0 Å². The van der Waals surface area contributed by atoms with Gasteiger partial charge in [-0.3, -0.25) is 10.1 Å². The van der Waals surface area contributed by atoms with Crippen molar-refractivity contribution in [2.24, 2.45) is 0 Å². The fraction of sp³-hybridized carbons (Fsp3) is 0.222. The van der Waals surface area contributed by atoms with Crippen molar-refractivity contribution in [3.05, 3.63) is 57.0 Å². The van der Waals surface area contributed by atoms with Gasteiger partial charge in [-0.2, -0.15) is 0 Å². The number of nitro benzene ring substituents is 1. The summed E-state index contributed by atoms with van der Waals surface area (Å²) in [6, 6.07) is 6.04. The van der Waals surface area contributed by atoms with E-state index < -0.39 is 4.92 Å². The van der Waals surface area contributed by atoms with Crippen molar-refractivity contribution in [2.75, 3.05) is 0 Å². The molecule has 140 valence electrons. The average Bonchev–Trinajstić information content (AvgIpc) is 3.42. The molecule has 0 radical (unpaired) electrons. The highest BCUT2D eigenvalue weighted by atomic mass is 32.2. The number of fused-ring (bicyclic) bond motifs is 3. The number of nitro groups is 1. The number of hydrogen-bond acceptors (Lipinski definition) is 9. The van der Waals surface area contributed by atoms with Crippen molar-refractivity contribution in [2.45, 2.75) is 30.0 Å². The SMILES string of the molecule is O=[N+]([O-])c1ccc(-c2nnc(CSc3ncnc4sc5c(c34)CCC5)o2)cc1. The third kappa shape index (κ3) is 3.04. The number of thioether (sulfide) groups is 1. The van der Waals surface area contributed by atoms with Crippen molar-refractivity contribution in [1.29, 1.82) is 0 Å². The van der Waals surface area contributed by atoms with Gasteiger partial charge >= 0.3 is 0 Å². The molecular weight excluding hydrogens is 398 g/mol. The van der Waals surface area contributed by atoms with E-state index in [0.29, 0.717) is 23.1 Å². The number of thiophene rings is 1. The molecule has 0 bridgehead atoms. The van der Waals surface area contributed by atoms with E-state index in [-0.39, 0.29) is 5.69 Å². The number of non-ortho nitro benzene ring substituents is 1. The third-order valence-corrected chi connectivity index (χ3v) is 6.76. The maximum Gasteiger partial charge on any atom is 0.269 e. The van der Waals surface area contributed by atoms with E-state index in [0.717, 1.165) is 22.7 Å². The second-order valence-corrected chi connectivity index (χ2v) is 8.36. The highest BCUT2D eigenvalue weighted by molar-refractivity contribution is 7.98. The number of aromatic nitrogens is 4. The summed E-state index contributed by atoms with van der Waals surface area (Å²) in [7, 11) is 0. The highest BCUT2D eigenvalue weighted by Crippen LogP contribution is 2.40. The lowest BCUT2D eigenvalue weighted by molar-refractivity contribution is -0.384. The lowest BCUT2D eigenvalue weighted by Gasteiger charge is -2.01. The largest absolute Gasteiger partial charge is 0.420 e. The van der Waals surface area contributed by atoms with Crippen LogP contribution >= 0.6 is 23.1 Å². The van der Waals surface area contributed by atoms with Gasteiger partial charge < -0.3 is 4.42 Å². The van der Waals surface area contributed by atoms with E-state index in [9.17, 15) is 10.1 Å². The maximum absolute atomic E-state index is 10.8. The van der Waals surface area contributed by atoms with E-state index in [1.54, 1.807) is 41.6 Å². The minimum absolute atomic E-state index is 0.0233. The molecule has 1 aliphatic carbocycles. The first-order chi connectivity index (χ1) is 13.7. The van der Waals surface area contributed by atoms with E-state index in [4.69, 9.17) is 4.42 Å². The average molecular weight is 411 g/mol. The molecule has 0 atom stereocenters. The van der Waals surface area contributed by atoms with Crippen molar-refractivity contribution in [1.82, 2.24) is 20.2 Å². The quantitative estimate of drug-likeness (QED) is 0.205. The summed E-state index contributed by atoms with van der Waals surface area (Å²) >= 11 is 3.32. The summed E-state index contributed by atoms with van der Waals surface area (Å²) in [6.45, 7) is 0. The number of nitrogens with zero attached hydrogens (tertiary/aromatic N) is 5. The Balaban J connectivity index is 1.36. The summed E-state index contributed by atoms with van der Waals surface area (Å²) in [5.74, 6) is 1.32. The topological polar surface area (TPSA) is 108 Å². The van der Waals surface area contributed by atoms with Crippen LogP contribution in [0.15, 0.2) is 40.0 Å². The van der Waals surface area contributed by atoms with Crippen LogP contribution in [-0.2, 0) is 18.6 Å². The normalized spacial score (nSPS) is 13.1. The molecule has 0 spiro atoms. The van der Waals surface area contributed by atoms with Crippen LogP contribution in [0.3, 0.4) is 0 Å². The van der Waals surface area contributed by atoms with Crippen LogP contribution in [0, 0.1) is 10.1 Å². The number of hydrogen-bond donors (Lipinski definition) is 0. The van der Waals surface area contributed by atoms with Gasteiger partial charge in [-0.15, -0.1) is 21.5 Å². The summed E-state index contributed by atoms with van der Waals surface area (Å²) < 4.78 is 5.72. The standard InChI is InChI=1S/C18H13N5O3S2/c24-23(25)11-6-4-10(5-7-11)16-22-21-14(26-16)8-27-17-15-12-2-1-3-13(12)28-18(15)20-9-19-17/h4-7,9H,1-3,8H2. The molecule has 0 unspecified atom stereocenters. The first-order valence-electron chi connectivity index (χ1n) is 8.64. The van der Waals surface area contributed by atoms with Crippen LogP contribution in [0.2, 0.25) is 0 Å². The predicted molar refractivity (Wildman–Crippen MR) is 105 cm³/mol. The zero-order valence-corrected chi connectivity index (χ0v) is 16.1. The Labute approximate surface area is 167 Å². The Kier molecular flexibility index (Phi) is 4.29. The zero-order chi connectivity index (χ0) is 19.1. The predicted octanol–water partition coefficient (Wildman–Crippen LogP) is 4.43. The molecule has 0 aliphatic heterocycles. The monoisotopic (exact) mass is 411 g/mol. The minimum Gasteiger partial charge on any atom is -0.420 e. The lowest BCUT2D eigenvalue weighted by Crippen LogP contribution is -1.88. The Bertz CT molecular complexity index is 1190. The van der Waals surface area contributed by atoms with Crippen LogP contribution < -0.4 is 0 Å². The van der Waals surface area contributed by atoms with E-state index in [1.807, 2.05) is 0 Å². The van der Waals surface area contributed by atoms with Crippen molar-refractivity contribution < 1.29 is 9.34 Å². The summed E-state index contributed by atoms with van der Waals surface area (Å²) in [4.78, 5) is 21.7. The minimum atomic E-state index is -0.441. The first kappa shape index (κ1) is 17.3. The molecule has 0 amide bonds. The molecule has 3 aromatic heterocycles. The Morgan fingerprint density at radius 2 is 2.04 bits per heavy atom. The number of aryl methyl sites for hydroxylation is 2. The number of benzene rings is 1. The second kappa shape index (κ2) is 6.95. The van der Waals surface area contributed by atoms with Crippen molar-refractivity contribution >= 4 is 39.0 Å². The maximum atomic E-state index is 10.8. The van der Waals surface area contributed by atoms with Gasteiger partial charge in [-0.05, 0) is 37.0 Å². The second-order valence-electron chi connectivity index (χ2n) is 6.31. The molecule has 0 saturated heterocycles. The van der Waals surface area contributed by atoms with Gasteiger partial charge in [0.2, 0.25) is 11.8 Å². The van der Waals surface area contributed by atoms with Gasteiger partial charge in [0.15, 0.2) is 0 Å². The number of rotatable bonds is 5. The van der Waals surface area contributed by atoms with Gasteiger partial charge in [-0.25, -0.2) is 9.97 Å². The van der Waals surface area contributed by atoms with Gasteiger partial charge in [0.25, 0.3) is 5.69 Å². The molecular formula is C18H13N5O3S2.